The molecule has 1 atom stereocenters. The van der Waals surface area contributed by atoms with E-state index in [4.69, 9.17) is 0 Å². The van der Waals surface area contributed by atoms with E-state index in [0.29, 0.717) is 6.04 Å². The van der Waals surface area contributed by atoms with Crippen LogP contribution in [0.1, 0.15) is 24.1 Å². The largest absolute Gasteiger partial charge is 0.379 e. The van der Waals surface area contributed by atoms with Crippen LogP contribution in [0.3, 0.4) is 0 Å². The molecule has 0 bridgehead atoms. The lowest BCUT2D eigenvalue weighted by molar-refractivity contribution is 0.883. The van der Waals surface area contributed by atoms with Gasteiger partial charge in [-0.05, 0) is 31.5 Å². The molecule has 82 valence electrons. The second-order valence-electron chi connectivity index (χ2n) is 4.15. The quantitative estimate of drug-likeness (QED) is 0.803. The lowest BCUT2D eigenvalue weighted by Crippen LogP contribution is -2.06. The predicted molar refractivity (Wildman–Crippen MR) is 69.7 cm³/mol. The van der Waals surface area contributed by atoms with Crippen molar-refractivity contribution in [1.82, 2.24) is 0 Å². The maximum atomic E-state index is 3.49. The van der Waals surface area contributed by atoms with Gasteiger partial charge in [-0.2, -0.15) is 0 Å². The van der Waals surface area contributed by atoms with Crippen LogP contribution in [-0.4, -0.2) is 0 Å². The van der Waals surface area contributed by atoms with Gasteiger partial charge in [0.25, 0.3) is 0 Å². The van der Waals surface area contributed by atoms with E-state index in [0.717, 1.165) is 5.69 Å². The minimum Gasteiger partial charge on any atom is -0.379 e. The van der Waals surface area contributed by atoms with E-state index in [1.54, 1.807) is 0 Å². The molecule has 0 fully saturated rings. The Balaban J connectivity index is 2.12. The molecule has 1 N–H and O–H groups in total. The normalized spacial score (nSPS) is 12.1. The SMILES string of the molecule is Cc1cccc([C@@H](C)Nc2ccccc2)c1. The molecule has 0 aliphatic carbocycles. The summed E-state index contributed by atoms with van der Waals surface area (Å²) in [6.45, 7) is 4.31. The molecule has 2 aromatic rings. The van der Waals surface area contributed by atoms with Crippen molar-refractivity contribution in [3.05, 3.63) is 65.7 Å². The Morgan fingerprint density at radius 1 is 0.938 bits per heavy atom. The molecule has 0 spiro atoms. The average molecular weight is 211 g/mol. The first-order valence-corrected chi connectivity index (χ1v) is 5.64. The van der Waals surface area contributed by atoms with Crippen molar-refractivity contribution in [1.29, 1.82) is 0 Å². The fraction of sp³-hybridized carbons (Fsp3) is 0.200. The fourth-order valence-corrected chi connectivity index (χ4v) is 1.81. The van der Waals surface area contributed by atoms with E-state index in [9.17, 15) is 0 Å². The zero-order valence-electron chi connectivity index (χ0n) is 9.77. The van der Waals surface area contributed by atoms with Crippen molar-refractivity contribution in [3.8, 4) is 0 Å². The van der Waals surface area contributed by atoms with Gasteiger partial charge in [0, 0.05) is 11.7 Å². The number of hydrogen-bond donors (Lipinski definition) is 1. The minimum absolute atomic E-state index is 0.335. The first-order valence-electron chi connectivity index (χ1n) is 5.64. The summed E-state index contributed by atoms with van der Waals surface area (Å²) < 4.78 is 0. The van der Waals surface area contributed by atoms with E-state index in [1.807, 2.05) is 18.2 Å². The Kier molecular flexibility index (Phi) is 3.25. The average Bonchev–Trinajstić information content (AvgIpc) is 2.30. The van der Waals surface area contributed by atoms with Crippen LogP contribution in [0.4, 0.5) is 5.69 Å². The van der Waals surface area contributed by atoms with Crippen molar-refractivity contribution >= 4 is 5.69 Å². The van der Waals surface area contributed by atoms with E-state index < -0.39 is 0 Å². The third-order valence-corrected chi connectivity index (χ3v) is 2.70. The van der Waals surface area contributed by atoms with E-state index in [1.165, 1.54) is 11.1 Å². The van der Waals surface area contributed by atoms with Gasteiger partial charge < -0.3 is 5.32 Å². The van der Waals surface area contributed by atoms with Crippen molar-refractivity contribution in [2.45, 2.75) is 19.9 Å². The van der Waals surface area contributed by atoms with Gasteiger partial charge in [-0.15, -0.1) is 0 Å². The zero-order valence-corrected chi connectivity index (χ0v) is 9.77. The van der Waals surface area contributed by atoms with E-state index >= 15 is 0 Å². The molecule has 0 saturated heterocycles. The van der Waals surface area contributed by atoms with Gasteiger partial charge in [0.05, 0.1) is 0 Å². The van der Waals surface area contributed by atoms with Crippen molar-refractivity contribution in [3.63, 3.8) is 0 Å². The summed E-state index contributed by atoms with van der Waals surface area (Å²) in [6, 6.07) is 19.3. The van der Waals surface area contributed by atoms with Crippen LogP contribution in [0, 0.1) is 6.92 Å². The van der Waals surface area contributed by atoms with Crippen LogP contribution in [0.25, 0.3) is 0 Å². The molecule has 0 heterocycles. The summed E-state index contributed by atoms with van der Waals surface area (Å²) in [6.07, 6.45) is 0. The van der Waals surface area contributed by atoms with Crippen LogP contribution >= 0.6 is 0 Å². The highest BCUT2D eigenvalue weighted by Gasteiger charge is 2.04. The van der Waals surface area contributed by atoms with Crippen LogP contribution in [0.15, 0.2) is 54.6 Å². The summed E-state index contributed by atoms with van der Waals surface area (Å²) in [7, 11) is 0. The van der Waals surface area contributed by atoms with Gasteiger partial charge in [0.1, 0.15) is 0 Å². The van der Waals surface area contributed by atoms with E-state index in [2.05, 4.69) is 55.6 Å². The molecule has 0 aliphatic heterocycles. The Morgan fingerprint density at radius 2 is 1.69 bits per heavy atom. The summed E-state index contributed by atoms with van der Waals surface area (Å²) in [5.41, 5.74) is 3.79. The lowest BCUT2D eigenvalue weighted by Gasteiger charge is -2.16. The Bertz CT molecular complexity index is 448. The molecule has 16 heavy (non-hydrogen) atoms. The second kappa shape index (κ2) is 4.84. The van der Waals surface area contributed by atoms with Gasteiger partial charge >= 0.3 is 0 Å². The molecule has 2 aromatic carbocycles. The third kappa shape index (κ3) is 2.63. The molecule has 0 amide bonds. The number of aryl methyl sites for hydroxylation is 1. The Labute approximate surface area is 97.1 Å². The molecular weight excluding hydrogens is 194 g/mol. The number of nitrogens with one attached hydrogen (secondary N) is 1. The molecule has 0 radical (unpaired) electrons. The molecule has 1 heteroatoms. The summed E-state index contributed by atoms with van der Waals surface area (Å²) in [4.78, 5) is 0. The first kappa shape index (κ1) is 10.7. The number of anilines is 1. The summed E-state index contributed by atoms with van der Waals surface area (Å²) in [5, 5.41) is 3.49. The van der Waals surface area contributed by atoms with Crippen LogP contribution in [0.5, 0.6) is 0 Å². The van der Waals surface area contributed by atoms with Crippen LogP contribution < -0.4 is 5.32 Å². The summed E-state index contributed by atoms with van der Waals surface area (Å²) in [5.74, 6) is 0. The highest BCUT2D eigenvalue weighted by atomic mass is 14.9. The van der Waals surface area contributed by atoms with Gasteiger partial charge in [-0.1, -0.05) is 48.0 Å². The molecule has 0 aliphatic rings. The fourth-order valence-electron chi connectivity index (χ4n) is 1.81. The molecule has 2 rings (SSSR count). The molecule has 0 aromatic heterocycles. The number of para-hydroxylation sites is 1. The van der Waals surface area contributed by atoms with Gasteiger partial charge in [-0.25, -0.2) is 0 Å². The van der Waals surface area contributed by atoms with E-state index in [-0.39, 0.29) is 0 Å². The number of benzene rings is 2. The molecule has 1 nitrogen and oxygen atoms in total. The maximum absolute atomic E-state index is 3.49. The zero-order chi connectivity index (χ0) is 11.4. The predicted octanol–water partition coefficient (Wildman–Crippen LogP) is 4.17. The number of hydrogen-bond acceptors (Lipinski definition) is 1. The molecular formula is C15H17N. The van der Waals surface area contributed by atoms with Gasteiger partial charge in [0.15, 0.2) is 0 Å². The highest BCUT2D eigenvalue weighted by Crippen LogP contribution is 2.19. The smallest absolute Gasteiger partial charge is 0.0485 e. The number of rotatable bonds is 3. The topological polar surface area (TPSA) is 12.0 Å². The lowest BCUT2D eigenvalue weighted by atomic mass is 10.1. The van der Waals surface area contributed by atoms with Crippen molar-refractivity contribution in [2.24, 2.45) is 0 Å². The Hall–Kier alpha value is -1.76. The van der Waals surface area contributed by atoms with Crippen molar-refractivity contribution in [2.75, 3.05) is 5.32 Å². The molecule has 0 unspecified atom stereocenters. The van der Waals surface area contributed by atoms with Gasteiger partial charge in [-0.3, -0.25) is 0 Å². The first-order chi connectivity index (χ1) is 7.75. The third-order valence-electron chi connectivity index (χ3n) is 2.70. The van der Waals surface area contributed by atoms with Crippen LogP contribution in [-0.2, 0) is 0 Å². The van der Waals surface area contributed by atoms with Crippen molar-refractivity contribution < 1.29 is 0 Å². The maximum Gasteiger partial charge on any atom is 0.0485 e. The van der Waals surface area contributed by atoms with Gasteiger partial charge in [0.2, 0.25) is 0 Å². The second-order valence-corrected chi connectivity index (χ2v) is 4.15. The molecule has 0 saturated carbocycles. The highest BCUT2D eigenvalue weighted by molar-refractivity contribution is 5.45. The van der Waals surface area contributed by atoms with Crippen LogP contribution in [0.2, 0.25) is 0 Å². The summed E-state index contributed by atoms with van der Waals surface area (Å²) >= 11 is 0. The Morgan fingerprint density at radius 3 is 2.38 bits per heavy atom. The standard InChI is InChI=1S/C15H17N/c1-12-7-6-8-14(11-12)13(2)16-15-9-4-3-5-10-15/h3-11,13,16H,1-2H3/t13-/m1/s1. The monoisotopic (exact) mass is 211 g/mol. The minimum atomic E-state index is 0.335.